The largest absolute Gasteiger partial charge is 0.370 e. The Labute approximate surface area is 316 Å². The van der Waals surface area contributed by atoms with Gasteiger partial charge in [-0.1, -0.05) is 47.5 Å². The highest BCUT2D eigenvalue weighted by Gasteiger charge is 2.51. The van der Waals surface area contributed by atoms with Gasteiger partial charge in [-0.15, -0.1) is 27.3 Å². The van der Waals surface area contributed by atoms with Crippen LogP contribution in [0.15, 0.2) is 35.3 Å². The van der Waals surface area contributed by atoms with Crippen molar-refractivity contribution >= 4 is 128 Å². The number of carbonyl (C=O) groups is 4. The van der Waals surface area contributed by atoms with Crippen molar-refractivity contribution in [3.05, 3.63) is 41.5 Å². The van der Waals surface area contributed by atoms with Gasteiger partial charge in [0.15, 0.2) is 5.96 Å². The molecular weight excluding hydrogens is 648 g/mol. The van der Waals surface area contributed by atoms with Crippen molar-refractivity contribution in [1.82, 2.24) is 16.0 Å². The number of unbranched alkanes of at least 4 members (excludes halogenated alkanes) is 1. The normalized spacial score (nSPS) is 14.8. The van der Waals surface area contributed by atoms with Crippen molar-refractivity contribution in [2.45, 2.75) is 66.7 Å². The van der Waals surface area contributed by atoms with E-state index in [-0.39, 0.29) is 67.5 Å². The molecule has 52 heavy (non-hydrogen) atoms. The second-order valence-electron chi connectivity index (χ2n) is 12.5. The lowest BCUT2D eigenvalue weighted by atomic mass is 9.34. The summed E-state index contributed by atoms with van der Waals surface area (Å²) in [7, 11) is 56.6. The molecule has 252 valence electrons. The molecule has 22 heteroatoms. The SMILES string of the molecule is [B]c1c([B])c([B])c(C([B])([B])[C@]([B])(NC(=O)[C@@H](CCCN=C(N)N)NC(=O)[C@@H](N)Cc2ccccc2)C(=O)N[C@@]([B])(CCCCN)C(N)=O)c([B])c1[B]. The molecule has 2 aromatic carbocycles. The van der Waals surface area contributed by atoms with Crippen molar-refractivity contribution in [3.8, 4) is 0 Å². The van der Waals surface area contributed by atoms with Gasteiger partial charge in [-0.3, -0.25) is 24.2 Å². The Morgan fingerprint density at radius 1 is 0.769 bits per heavy atom. The van der Waals surface area contributed by atoms with Crippen LogP contribution in [0.3, 0.4) is 0 Å². The Kier molecular flexibility index (Phi) is 15.9. The van der Waals surface area contributed by atoms with Gasteiger partial charge in [0.1, 0.15) is 61.0 Å². The fourth-order valence-corrected chi connectivity index (χ4v) is 5.23. The average molecular weight is 684 g/mol. The highest BCUT2D eigenvalue weighted by molar-refractivity contribution is 6.68. The number of hydrogen-bond acceptors (Lipinski definition) is 7. The second kappa shape index (κ2) is 18.7. The van der Waals surface area contributed by atoms with E-state index in [9.17, 15) is 19.2 Å². The Balaban J connectivity index is 2.69. The summed E-state index contributed by atoms with van der Waals surface area (Å²) >= 11 is 0. The molecule has 0 bridgehead atoms. The monoisotopic (exact) mass is 685 g/mol. The van der Waals surface area contributed by atoms with E-state index in [1.165, 1.54) is 0 Å². The molecule has 18 radical (unpaired) electrons. The molecular formula is C30H36B9N9O4. The minimum atomic E-state index is -3.02. The Morgan fingerprint density at radius 2 is 1.33 bits per heavy atom. The van der Waals surface area contributed by atoms with Crippen molar-refractivity contribution in [2.75, 3.05) is 13.1 Å². The molecule has 0 aliphatic heterocycles. The third-order valence-corrected chi connectivity index (χ3v) is 8.46. The molecule has 13 nitrogen and oxygen atoms in total. The van der Waals surface area contributed by atoms with Gasteiger partial charge >= 0.3 is 0 Å². The molecule has 4 amide bonds. The average Bonchev–Trinajstić information content (AvgIpc) is 3.07. The van der Waals surface area contributed by atoms with Crippen LogP contribution in [-0.2, 0) is 30.8 Å². The third-order valence-electron chi connectivity index (χ3n) is 8.46. The maximum Gasteiger partial charge on any atom is 0.242 e. The summed E-state index contributed by atoms with van der Waals surface area (Å²) in [5.74, 6) is -4.68. The minimum absolute atomic E-state index is 0.0399. The minimum Gasteiger partial charge on any atom is -0.370 e. The second-order valence-corrected chi connectivity index (χ2v) is 12.5. The molecule has 0 aliphatic rings. The van der Waals surface area contributed by atoms with Gasteiger partial charge in [-0.05, 0) is 44.2 Å². The van der Waals surface area contributed by atoms with E-state index in [0.717, 1.165) is 5.56 Å². The maximum absolute atomic E-state index is 14.3. The van der Waals surface area contributed by atoms with Gasteiger partial charge in [0.2, 0.25) is 23.6 Å². The van der Waals surface area contributed by atoms with Gasteiger partial charge < -0.3 is 44.6 Å². The van der Waals surface area contributed by atoms with E-state index in [0.29, 0.717) is 6.42 Å². The number of aliphatic imine (C=N–C) groups is 1. The molecule has 0 heterocycles. The number of hydrogen-bond donors (Lipinski definition) is 8. The molecule has 13 N–H and O–H groups in total. The van der Waals surface area contributed by atoms with E-state index in [2.05, 4.69) is 20.9 Å². The molecule has 2 rings (SSSR count). The number of guanidine groups is 1. The zero-order valence-electron chi connectivity index (χ0n) is 28.9. The van der Waals surface area contributed by atoms with Gasteiger partial charge in [0, 0.05) is 6.54 Å². The standard InChI is InChI=1S/C30H36B9N9O4/c31-18-17(19(32)21(34)22(35)20(18)33)29(37,38)30(39,26(52)48-28(36,25(42)51)10-4-5-11-40)47-24(50)16(9-6-12-45-27(43)44)46-23(49)15(41)13-14-7-2-1-3-8-14/h1-3,7-8,15-16H,4-6,9-13,40-41H2,(H2,42,51)(H,46,49)(H,47,50)(H,48,52)(H4,43,44,45)/t15-,16+,28-,30+/m0/s1. The highest BCUT2D eigenvalue weighted by Crippen LogP contribution is 2.27. The van der Waals surface area contributed by atoms with Crippen LogP contribution in [0.4, 0.5) is 0 Å². The van der Waals surface area contributed by atoms with E-state index >= 15 is 0 Å². The van der Waals surface area contributed by atoms with E-state index in [4.69, 9.17) is 99.3 Å². The highest BCUT2D eigenvalue weighted by atomic mass is 16.2. The van der Waals surface area contributed by atoms with Crippen LogP contribution < -0.4 is 71.9 Å². The smallest absolute Gasteiger partial charge is 0.242 e. The lowest BCUT2D eigenvalue weighted by molar-refractivity contribution is -0.135. The summed E-state index contributed by atoms with van der Waals surface area (Å²) in [6, 6.07) is 6.29. The van der Waals surface area contributed by atoms with Gasteiger partial charge in [-0.2, -0.15) is 0 Å². The van der Waals surface area contributed by atoms with Crippen LogP contribution in [0.2, 0.25) is 0 Å². The topological polar surface area (TPSA) is 247 Å². The first-order valence-electron chi connectivity index (χ1n) is 16.1. The Hall–Kier alpha value is -3.91. The summed E-state index contributed by atoms with van der Waals surface area (Å²) in [5, 5.41) is 4.28. The van der Waals surface area contributed by atoms with Crippen molar-refractivity contribution in [3.63, 3.8) is 0 Å². The first-order chi connectivity index (χ1) is 24.1. The quantitative estimate of drug-likeness (QED) is 0.0305. The van der Waals surface area contributed by atoms with E-state index in [1.54, 1.807) is 30.3 Å². The molecule has 2 aromatic rings. The molecule has 4 atom stereocenters. The fourth-order valence-electron chi connectivity index (χ4n) is 5.23. The number of nitrogens with two attached hydrogens (primary N) is 5. The molecule has 0 saturated carbocycles. The number of primary amides is 1. The lowest BCUT2D eigenvalue weighted by Gasteiger charge is -2.49. The van der Waals surface area contributed by atoms with Crippen LogP contribution in [0, 0.1) is 0 Å². The summed E-state index contributed by atoms with van der Waals surface area (Å²) in [6.45, 7) is 0.274. The van der Waals surface area contributed by atoms with Crippen molar-refractivity contribution in [2.24, 2.45) is 33.7 Å². The first-order valence-corrected chi connectivity index (χ1v) is 16.1. The first kappa shape index (κ1) is 44.3. The van der Waals surface area contributed by atoms with Crippen LogP contribution in [0.1, 0.15) is 43.2 Å². The predicted octanol–water partition coefficient (Wildman–Crippen LogP) is -9.17. The zero-order chi connectivity index (χ0) is 39.6. The Morgan fingerprint density at radius 3 is 1.85 bits per heavy atom. The summed E-state index contributed by atoms with van der Waals surface area (Å²) < 4.78 is 0. The molecule has 0 unspecified atom stereocenters. The summed E-state index contributed by atoms with van der Waals surface area (Å²) in [5.41, 5.74) is 21.4. The predicted molar refractivity (Wildman–Crippen MR) is 212 cm³/mol. The number of rotatable bonds is 19. The molecule has 0 spiro atoms. The van der Waals surface area contributed by atoms with Gasteiger partial charge in [-0.25, -0.2) is 0 Å². The molecule has 0 aromatic heterocycles. The summed E-state index contributed by atoms with van der Waals surface area (Å²) in [4.78, 5) is 58.2. The number of nitrogens with zero attached hydrogens (tertiary/aromatic N) is 1. The van der Waals surface area contributed by atoms with Crippen LogP contribution >= 0.6 is 0 Å². The molecule has 0 aliphatic carbocycles. The lowest BCUT2D eigenvalue weighted by Crippen LogP contribution is -2.77. The fraction of sp³-hybridized carbons (Fsp3) is 0.433. The number of carbonyl (C=O) groups excluding carboxylic acids is 4. The number of amides is 4. The van der Waals surface area contributed by atoms with Gasteiger partial charge in [0.05, 0.1) is 32.6 Å². The molecule has 0 fully saturated rings. The van der Waals surface area contributed by atoms with E-state index < -0.39 is 68.3 Å². The Bertz CT molecular complexity index is 1620. The van der Waals surface area contributed by atoms with Crippen molar-refractivity contribution < 1.29 is 19.2 Å². The number of benzene rings is 2. The van der Waals surface area contributed by atoms with E-state index in [1.807, 2.05) is 0 Å². The van der Waals surface area contributed by atoms with Crippen LogP contribution in [-0.4, -0.2) is 136 Å². The third kappa shape index (κ3) is 10.6. The van der Waals surface area contributed by atoms with Crippen LogP contribution in [0.5, 0.6) is 0 Å². The maximum atomic E-state index is 14.3. The van der Waals surface area contributed by atoms with Gasteiger partial charge in [0.25, 0.3) is 0 Å². The molecule has 0 saturated heterocycles. The summed E-state index contributed by atoms with van der Waals surface area (Å²) in [6.07, 6.45) is 0.529. The van der Waals surface area contributed by atoms with Crippen molar-refractivity contribution in [1.29, 1.82) is 0 Å². The number of nitrogens with one attached hydrogen (secondary N) is 3. The zero-order valence-corrected chi connectivity index (χ0v) is 28.9. The van der Waals surface area contributed by atoms with Crippen LogP contribution in [0.25, 0.3) is 0 Å².